The van der Waals surface area contributed by atoms with Gasteiger partial charge in [0.2, 0.25) is 5.91 Å². The molecule has 1 saturated heterocycles. The van der Waals surface area contributed by atoms with Crippen LogP contribution in [0.2, 0.25) is 0 Å². The number of methoxy groups -OCH3 is 1. The number of hydrogen-bond donors (Lipinski definition) is 1. The number of amides is 1. The second-order valence-electron chi connectivity index (χ2n) is 8.44. The Balaban J connectivity index is 1.32. The molecule has 9 heteroatoms. The molecule has 5 rings (SSSR count). The summed E-state index contributed by atoms with van der Waals surface area (Å²) in [5, 5.41) is 8.50. The number of aryl methyl sites for hydroxylation is 1. The molecule has 4 aromatic rings. The SMILES string of the molecule is COc1ccccc1CNC(=O)C1CCCN(c2nc3c(s2)c(C)nn3-c2cccc(F)c2)C1. The minimum Gasteiger partial charge on any atom is -0.496 e. The highest BCUT2D eigenvalue weighted by Gasteiger charge is 2.28. The Morgan fingerprint density at radius 1 is 1.26 bits per heavy atom. The number of benzene rings is 2. The highest BCUT2D eigenvalue weighted by atomic mass is 32.1. The summed E-state index contributed by atoms with van der Waals surface area (Å²) in [6, 6.07) is 14.0. The van der Waals surface area contributed by atoms with Crippen molar-refractivity contribution in [3.05, 3.63) is 65.6 Å². The van der Waals surface area contributed by atoms with Crippen LogP contribution in [0.15, 0.2) is 48.5 Å². The average molecular weight is 480 g/mol. The quantitative estimate of drug-likeness (QED) is 0.442. The van der Waals surface area contributed by atoms with Gasteiger partial charge in [-0.3, -0.25) is 4.79 Å². The Labute approximate surface area is 201 Å². The summed E-state index contributed by atoms with van der Waals surface area (Å²) >= 11 is 1.57. The Hall–Kier alpha value is -3.46. The molecule has 1 N–H and O–H groups in total. The number of ether oxygens (including phenoxy) is 1. The Morgan fingerprint density at radius 3 is 2.94 bits per heavy atom. The van der Waals surface area contributed by atoms with Crippen LogP contribution < -0.4 is 15.0 Å². The van der Waals surface area contributed by atoms with Crippen molar-refractivity contribution in [3.8, 4) is 11.4 Å². The fraction of sp³-hybridized carbons (Fsp3) is 0.320. The maximum Gasteiger partial charge on any atom is 0.225 e. The molecule has 2 aromatic carbocycles. The zero-order chi connectivity index (χ0) is 23.7. The molecule has 176 valence electrons. The number of nitrogens with one attached hydrogen (secondary N) is 1. The zero-order valence-electron chi connectivity index (χ0n) is 19.1. The second kappa shape index (κ2) is 9.42. The first-order valence-corrected chi connectivity index (χ1v) is 12.1. The average Bonchev–Trinajstić information content (AvgIpc) is 3.43. The van der Waals surface area contributed by atoms with Crippen molar-refractivity contribution in [3.63, 3.8) is 0 Å². The van der Waals surface area contributed by atoms with Crippen LogP contribution in [0.5, 0.6) is 5.75 Å². The molecular weight excluding hydrogens is 453 g/mol. The number of anilines is 1. The largest absolute Gasteiger partial charge is 0.496 e. The van der Waals surface area contributed by atoms with Crippen LogP contribution in [0.3, 0.4) is 0 Å². The highest BCUT2D eigenvalue weighted by molar-refractivity contribution is 7.22. The van der Waals surface area contributed by atoms with Gasteiger partial charge in [0.25, 0.3) is 0 Å². The number of thiazole rings is 1. The Morgan fingerprint density at radius 2 is 2.12 bits per heavy atom. The van der Waals surface area contributed by atoms with Gasteiger partial charge in [-0.15, -0.1) is 0 Å². The van der Waals surface area contributed by atoms with Crippen LogP contribution in [0, 0.1) is 18.7 Å². The van der Waals surface area contributed by atoms with Crippen LogP contribution >= 0.6 is 11.3 Å². The molecule has 1 amide bonds. The molecule has 0 radical (unpaired) electrons. The minimum absolute atomic E-state index is 0.0406. The van der Waals surface area contributed by atoms with Crippen molar-refractivity contribution in [2.75, 3.05) is 25.1 Å². The number of fused-ring (bicyclic) bond motifs is 1. The molecule has 3 heterocycles. The van der Waals surface area contributed by atoms with Crippen LogP contribution in [0.1, 0.15) is 24.1 Å². The maximum absolute atomic E-state index is 13.8. The predicted octanol–water partition coefficient (Wildman–Crippen LogP) is 4.47. The summed E-state index contributed by atoms with van der Waals surface area (Å²) in [6.45, 7) is 3.83. The van der Waals surface area contributed by atoms with Crippen molar-refractivity contribution in [1.82, 2.24) is 20.1 Å². The number of para-hydroxylation sites is 1. The number of hydrogen-bond acceptors (Lipinski definition) is 6. The molecular formula is C25H26FN5O2S. The smallest absolute Gasteiger partial charge is 0.225 e. The fourth-order valence-electron chi connectivity index (χ4n) is 4.39. The Kier molecular flexibility index (Phi) is 6.19. The van der Waals surface area contributed by atoms with Gasteiger partial charge in [0.05, 0.1) is 29.1 Å². The van der Waals surface area contributed by atoms with Crippen molar-refractivity contribution >= 4 is 32.7 Å². The molecule has 0 aliphatic carbocycles. The summed E-state index contributed by atoms with van der Waals surface area (Å²) in [5.41, 5.74) is 3.16. The standard InChI is InChI=1S/C25H26FN5O2S/c1-16-22-23(31(29-16)20-10-5-9-19(26)13-20)28-25(34-22)30-12-6-8-18(15-30)24(32)27-14-17-7-3-4-11-21(17)33-2/h3-5,7,9-11,13,18H,6,8,12,14-15H2,1-2H3,(H,27,32). The van der Waals surface area contributed by atoms with Crippen LogP contribution in [0.25, 0.3) is 16.0 Å². The third-order valence-corrected chi connectivity index (χ3v) is 7.35. The molecule has 1 aliphatic rings. The first kappa shape index (κ1) is 22.3. The molecule has 1 aliphatic heterocycles. The Bertz CT molecular complexity index is 1330. The number of halogens is 1. The molecule has 0 bridgehead atoms. The van der Waals surface area contributed by atoms with Gasteiger partial charge >= 0.3 is 0 Å². The van der Waals surface area contributed by atoms with E-state index >= 15 is 0 Å². The first-order valence-electron chi connectivity index (χ1n) is 11.3. The van der Waals surface area contributed by atoms with Gasteiger partial charge in [-0.1, -0.05) is 35.6 Å². The van der Waals surface area contributed by atoms with Gasteiger partial charge in [0, 0.05) is 25.2 Å². The van der Waals surface area contributed by atoms with Gasteiger partial charge < -0.3 is 15.0 Å². The lowest BCUT2D eigenvalue weighted by Gasteiger charge is -2.31. The van der Waals surface area contributed by atoms with Gasteiger partial charge in [-0.2, -0.15) is 10.1 Å². The van der Waals surface area contributed by atoms with E-state index in [0.29, 0.717) is 24.4 Å². The summed E-state index contributed by atoms with van der Waals surface area (Å²) in [7, 11) is 1.63. The number of carbonyl (C=O) groups excluding carboxylic acids is 1. The summed E-state index contributed by atoms with van der Waals surface area (Å²) in [6.07, 6.45) is 1.76. The maximum atomic E-state index is 13.8. The second-order valence-corrected chi connectivity index (χ2v) is 9.42. The van der Waals surface area contributed by atoms with E-state index in [1.165, 1.54) is 12.1 Å². The lowest BCUT2D eigenvalue weighted by Crippen LogP contribution is -2.43. The van der Waals surface area contributed by atoms with Crippen LogP contribution in [-0.2, 0) is 11.3 Å². The molecule has 0 spiro atoms. The first-order chi connectivity index (χ1) is 16.5. The van der Waals surface area contributed by atoms with E-state index in [1.807, 2.05) is 37.3 Å². The number of nitrogens with zero attached hydrogens (tertiary/aromatic N) is 4. The predicted molar refractivity (Wildman–Crippen MR) is 131 cm³/mol. The lowest BCUT2D eigenvalue weighted by atomic mass is 9.97. The molecule has 0 saturated carbocycles. The van der Waals surface area contributed by atoms with Gasteiger partial charge in [0.15, 0.2) is 10.8 Å². The molecule has 2 aromatic heterocycles. The third-order valence-electron chi connectivity index (χ3n) is 6.14. The number of piperidine rings is 1. The van der Waals surface area contributed by atoms with E-state index in [9.17, 15) is 9.18 Å². The molecule has 7 nitrogen and oxygen atoms in total. The third kappa shape index (κ3) is 4.35. The number of rotatable bonds is 6. The topological polar surface area (TPSA) is 72.3 Å². The van der Waals surface area contributed by atoms with Crippen molar-refractivity contribution in [1.29, 1.82) is 0 Å². The van der Waals surface area contributed by atoms with E-state index in [2.05, 4.69) is 15.3 Å². The normalized spacial score (nSPS) is 16.1. The fourth-order valence-corrected chi connectivity index (χ4v) is 5.41. The van der Waals surface area contributed by atoms with Crippen molar-refractivity contribution in [2.24, 2.45) is 5.92 Å². The number of aromatic nitrogens is 3. The van der Waals surface area contributed by atoms with Crippen molar-refractivity contribution in [2.45, 2.75) is 26.3 Å². The molecule has 1 fully saturated rings. The molecule has 34 heavy (non-hydrogen) atoms. The lowest BCUT2D eigenvalue weighted by molar-refractivity contribution is -0.125. The van der Waals surface area contributed by atoms with Gasteiger partial charge in [0.1, 0.15) is 11.6 Å². The molecule has 1 atom stereocenters. The number of carbonyl (C=O) groups is 1. The van der Waals surface area contributed by atoms with Crippen LogP contribution in [0.4, 0.5) is 9.52 Å². The summed E-state index contributed by atoms with van der Waals surface area (Å²) < 4.78 is 21.8. The van der Waals surface area contributed by atoms with E-state index in [-0.39, 0.29) is 17.6 Å². The van der Waals surface area contributed by atoms with E-state index in [0.717, 1.165) is 46.2 Å². The van der Waals surface area contributed by atoms with E-state index in [4.69, 9.17) is 9.72 Å². The molecule has 1 unspecified atom stereocenters. The van der Waals surface area contributed by atoms with Crippen LogP contribution in [-0.4, -0.2) is 40.9 Å². The van der Waals surface area contributed by atoms with Gasteiger partial charge in [-0.05, 0) is 44.0 Å². The summed E-state index contributed by atoms with van der Waals surface area (Å²) in [5.74, 6) is 0.382. The van der Waals surface area contributed by atoms with E-state index < -0.39 is 0 Å². The van der Waals surface area contributed by atoms with Gasteiger partial charge in [-0.25, -0.2) is 9.07 Å². The van der Waals surface area contributed by atoms with E-state index in [1.54, 1.807) is 29.2 Å². The highest BCUT2D eigenvalue weighted by Crippen LogP contribution is 2.34. The summed E-state index contributed by atoms with van der Waals surface area (Å²) in [4.78, 5) is 20.0. The minimum atomic E-state index is -0.313. The zero-order valence-corrected chi connectivity index (χ0v) is 19.9. The monoisotopic (exact) mass is 479 g/mol. The van der Waals surface area contributed by atoms with Crippen molar-refractivity contribution < 1.29 is 13.9 Å².